The summed E-state index contributed by atoms with van der Waals surface area (Å²) >= 11 is 0. The molecule has 0 aromatic heterocycles. The molecule has 3 aromatic carbocycles. The van der Waals surface area contributed by atoms with Gasteiger partial charge in [0, 0.05) is 18.7 Å². The molecule has 0 saturated carbocycles. The van der Waals surface area contributed by atoms with E-state index in [1.54, 1.807) is 0 Å². The summed E-state index contributed by atoms with van der Waals surface area (Å²) in [5.41, 5.74) is -0.316. The molecule has 8 nitrogen and oxygen atoms in total. The van der Waals surface area contributed by atoms with Gasteiger partial charge in [0.2, 0.25) is 0 Å². The number of alkyl halides is 3. The number of hydrogen-bond acceptors (Lipinski definition) is 6. The molecule has 0 spiro atoms. The molecule has 2 aliphatic rings. The van der Waals surface area contributed by atoms with Crippen LogP contribution in [0.1, 0.15) is 29.5 Å². The normalized spacial score (nSPS) is 20.0. The smallest absolute Gasteiger partial charge is 0.389 e. The van der Waals surface area contributed by atoms with E-state index in [0.29, 0.717) is 30.6 Å². The Morgan fingerprint density at radius 2 is 1.77 bits per heavy atom. The van der Waals surface area contributed by atoms with Crippen LogP contribution in [0, 0.1) is 11.6 Å². The Hall–Kier alpha value is -4.20. The first-order chi connectivity index (χ1) is 21.0. The summed E-state index contributed by atoms with van der Waals surface area (Å²) < 4.78 is 73.5. The number of carbonyl (C=O) groups excluding carboxylic acids is 2. The maximum Gasteiger partial charge on any atom is 0.416 e. The molecule has 1 unspecified atom stereocenters. The monoisotopic (exact) mass is 616 g/mol. The Morgan fingerprint density at radius 1 is 1.05 bits per heavy atom. The highest BCUT2D eigenvalue weighted by Gasteiger charge is 2.38. The first-order valence-electron chi connectivity index (χ1n) is 13.9. The van der Waals surface area contributed by atoms with Crippen LogP contribution in [0.15, 0.2) is 77.9 Å². The van der Waals surface area contributed by atoms with Crippen molar-refractivity contribution in [1.82, 2.24) is 10.6 Å². The SMILES string of the molecule is O=C(NC(Cc1cc(F)cc(F)c1)[C@H](O)[C@H]1C[C@@H](OCc2ccccc2)CN1)C1=NN(c2cccc(C(F)(F)F)c2)C(=O)C1. The number of hydrazone groups is 1. The minimum Gasteiger partial charge on any atom is -0.389 e. The largest absolute Gasteiger partial charge is 0.416 e. The second kappa shape index (κ2) is 13.2. The Bertz CT molecular complexity index is 1510. The number of benzene rings is 3. The van der Waals surface area contributed by atoms with Gasteiger partial charge in [-0.25, -0.2) is 8.78 Å². The third-order valence-electron chi connectivity index (χ3n) is 7.43. The number of carbonyl (C=O) groups is 2. The summed E-state index contributed by atoms with van der Waals surface area (Å²) in [5, 5.41) is 21.8. The van der Waals surface area contributed by atoms with Gasteiger partial charge in [-0.3, -0.25) is 9.59 Å². The number of anilines is 1. The van der Waals surface area contributed by atoms with E-state index in [4.69, 9.17) is 4.74 Å². The van der Waals surface area contributed by atoms with E-state index in [9.17, 15) is 36.6 Å². The van der Waals surface area contributed by atoms with Crippen LogP contribution in [0.5, 0.6) is 0 Å². The third-order valence-corrected chi connectivity index (χ3v) is 7.43. The fourth-order valence-corrected chi connectivity index (χ4v) is 5.25. The second-order valence-corrected chi connectivity index (χ2v) is 10.7. The summed E-state index contributed by atoms with van der Waals surface area (Å²) in [5.74, 6) is -3.26. The average Bonchev–Trinajstić information content (AvgIpc) is 3.62. The highest BCUT2D eigenvalue weighted by atomic mass is 19.4. The summed E-state index contributed by atoms with van der Waals surface area (Å²) in [7, 11) is 0. The highest BCUT2D eigenvalue weighted by molar-refractivity contribution is 6.44. The highest BCUT2D eigenvalue weighted by Crippen LogP contribution is 2.32. The van der Waals surface area contributed by atoms with Gasteiger partial charge in [-0.1, -0.05) is 36.4 Å². The van der Waals surface area contributed by atoms with E-state index >= 15 is 0 Å². The van der Waals surface area contributed by atoms with E-state index in [1.165, 1.54) is 6.07 Å². The lowest BCUT2D eigenvalue weighted by atomic mass is 9.94. The zero-order valence-corrected chi connectivity index (χ0v) is 23.2. The Labute approximate surface area is 249 Å². The standard InChI is InChI=1S/C31H29F5N4O4/c32-21-9-19(10-22(33)13-21)11-26(29(42)25-14-24(16-37-25)44-17-18-5-2-1-3-6-18)38-30(43)27-15-28(41)40(39-27)23-8-4-7-20(12-23)31(34,35)36/h1-10,12-13,24-26,29,37,42H,11,14-17H2,(H,38,43)/t24-,25-,26?,29-/m1/s1. The predicted molar refractivity (Wildman–Crippen MR) is 150 cm³/mol. The van der Waals surface area contributed by atoms with Gasteiger partial charge in [-0.15, -0.1) is 0 Å². The zero-order valence-electron chi connectivity index (χ0n) is 23.2. The first kappa shape index (κ1) is 31.2. The molecular weight excluding hydrogens is 587 g/mol. The Balaban J connectivity index is 1.31. The van der Waals surface area contributed by atoms with Crippen LogP contribution in [0.2, 0.25) is 0 Å². The van der Waals surface area contributed by atoms with E-state index in [1.807, 2.05) is 30.3 Å². The molecule has 3 N–H and O–H groups in total. The minimum absolute atomic E-state index is 0.164. The maximum atomic E-state index is 14.0. The van der Waals surface area contributed by atoms with Crippen LogP contribution in [-0.2, 0) is 33.5 Å². The Morgan fingerprint density at radius 3 is 2.48 bits per heavy atom. The number of nitrogens with zero attached hydrogens (tertiary/aromatic N) is 2. The average molecular weight is 617 g/mol. The zero-order chi connectivity index (χ0) is 31.4. The van der Waals surface area contributed by atoms with Gasteiger partial charge in [0.05, 0.1) is 42.5 Å². The third kappa shape index (κ3) is 7.65. The predicted octanol–water partition coefficient (Wildman–Crippen LogP) is 4.11. The van der Waals surface area contributed by atoms with Crippen LogP contribution in [0.4, 0.5) is 27.6 Å². The summed E-state index contributed by atoms with van der Waals surface area (Å²) in [6.07, 6.45) is -6.46. The van der Waals surface area contributed by atoms with E-state index in [0.717, 1.165) is 35.9 Å². The molecule has 44 heavy (non-hydrogen) atoms. The Kier molecular flexibility index (Phi) is 9.37. The number of ether oxygens (including phenoxy) is 1. The molecule has 232 valence electrons. The molecule has 2 amide bonds. The summed E-state index contributed by atoms with van der Waals surface area (Å²) in [6.45, 7) is 0.770. The van der Waals surface area contributed by atoms with E-state index in [-0.39, 0.29) is 29.5 Å². The number of nitrogens with one attached hydrogen (secondary N) is 2. The van der Waals surface area contributed by atoms with Gasteiger partial charge >= 0.3 is 6.18 Å². The van der Waals surface area contributed by atoms with Gasteiger partial charge < -0.3 is 20.5 Å². The number of hydrogen-bond donors (Lipinski definition) is 3. The fourth-order valence-electron chi connectivity index (χ4n) is 5.25. The molecule has 4 atom stereocenters. The van der Waals surface area contributed by atoms with Crippen LogP contribution >= 0.6 is 0 Å². The first-order valence-corrected chi connectivity index (χ1v) is 13.9. The van der Waals surface area contributed by atoms with Crippen molar-refractivity contribution in [3.8, 4) is 0 Å². The molecule has 0 bridgehead atoms. The lowest BCUT2D eigenvalue weighted by molar-refractivity contribution is -0.137. The van der Waals surface area contributed by atoms with Crippen molar-refractivity contribution < 1.29 is 41.4 Å². The molecule has 13 heteroatoms. The lowest BCUT2D eigenvalue weighted by Crippen LogP contribution is -2.53. The number of aliphatic hydroxyl groups is 1. The molecule has 2 heterocycles. The molecule has 3 aromatic rings. The van der Waals surface area contributed by atoms with E-state index in [2.05, 4.69) is 15.7 Å². The second-order valence-electron chi connectivity index (χ2n) is 10.7. The summed E-state index contributed by atoms with van der Waals surface area (Å²) in [4.78, 5) is 25.9. The van der Waals surface area contributed by atoms with Crippen LogP contribution < -0.4 is 15.6 Å². The topological polar surface area (TPSA) is 103 Å². The minimum atomic E-state index is -4.65. The quantitative estimate of drug-likeness (QED) is 0.298. The number of halogens is 5. The number of amides is 2. The van der Waals surface area contributed by atoms with Crippen molar-refractivity contribution in [2.45, 2.75) is 56.3 Å². The van der Waals surface area contributed by atoms with Crippen molar-refractivity contribution in [1.29, 1.82) is 0 Å². The molecule has 1 saturated heterocycles. The maximum absolute atomic E-state index is 14.0. The van der Waals surface area contributed by atoms with Gasteiger partial charge in [0.15, 0.2) is 0 Å². The molecule has 2 aliphatic heterocycles. The van der Waals surface area contributed by atoms with Gasteiger partial charge in [0.25, 0.3) is 11.8 Å². The lowest BCUT2D eigenvalue weighted by Gasteiger charge is -2.28. The van der Waals surface area contributed by atoms with Crippen LogP contribution in [0.25, 0.3) is 0 Å². The van der Waals surface area contributed by atoms with Crippen molar-refractivity contribution in [2.75, 3.05) is 11.6 Å². The molecule has 0 aliphatic carbocycles. The van der Waals surface area contributed by atoms with Crippen molar-refractivity contribution >= 4 is 23.2 Å². The molecular formula is C31H29F5N4O4. The van der Waals surface area contributed by atoms with Crippen LogP contribution in [0.3, 0.4) is 0 Å². The van der Waals surface area contributed by atoms with Gasteiger partial charge in [-0.05, 0) is 54.3 Å². The number of aliphatic hydroxyl groups excluding tert-OH is 1. The van der Waals surface area contributed by atoms with Crippen molar-refractivity contribution in [2.24, 2.45) is 5.10 Å². The fraction of sp³-hybridized carbons (Fsp3) is 0.323. The molecule has 5 rings (SSSR count). The van der Waals surface area contributed by atoms with E-state index < -0.39 is 59.8 Å². The van der Waals surface area contributed by atoms with Gasteiger partial charge in [0.1, 0.15) is 17.3 Å². The van der Waals surface area contributed by atoms with Crippen LogP contribution in [-0.4, -0.2) is 53.5 Å². The number of rotatable bonds is 10. The summed E-state index contributed by atoms with van der Waals surface area (Å²) in [6, 6.07) is 14.7. The molecule has 0 radical (unpaired) electrons. The molecule has 1 fully saturated rings. The van der Waals surface area contributed by atoms with Crippen molar-refractivity contribution in [3.63, 3.8) is 0 Å². The van der Waals surface area contributed by atoms with Crippen molar-refractivity contribution in [3.05, 3.63) is 101 Å². The van der Waals surface area contributed by atoms with Gasteiger partial charge in [-0.2, -0.15) is 23.3 Å².